The molecule has 0 N–H and O–H groups in total. The second-order valence-corrected chi connectivity index (χ2v) is 21.4. The van der Waals surface area contributed by atoms with Crippen LogP contribution in [-0.4, -0.2) is 6.71 Å². The van der Waals surface area contributed by atoms with Crippen molar-refractivity contribution >= 4 is 67.9 Å². The lowest BCUT2D eigenvalue weighted by Crippen LogP contribution is -2.62. The lowest BCUT2D eigenvalue weighted by atomic mass is 9.32. The largest absolute Gasteiger partial charge is 0.311 e. The fourth-order valence-electron chi connectivity index (χ4n) is 11.1. The van der Waals surface area contributed by atoms with Gasteiger partial charge in [0.25, 0.3) is 6.71 Å². The molecular formula is C54H59BN2S. The Bertz CT molecular complexity index is 2900. The van der Waals surface area contributed by atoms with Crippen LogP contribution in [-0.2, 0) is 21.7 Å². The number of rotatable bonds is 3. The summed E-state index contributed by atoms with van der Waals surface area (Å²) in [4.78, 5) is 6.26. The summed E-state index contributed by atoms with van der Waals surface area (Å²) in [5.41, 5.74) is 17.6. The molecular weight excluding hydrogens is 719 g/mol. The molecule has 294 valence electrons. The molecule has 0 saturated carbocycles. The molecule has 4 heteroatoms. The Labute approximate surface area is 360 Å². The van der Waals surface area contributed by atoms with Crippen molar-refractivity contribution < 1.29 is 8.22 Å². The van der Waals surface area contributed by atoms with E-state index in [1.807, 2.05) is 35.6 Å². The Balaban J connectivity index is 1.38. The van der Waals surface area contributed by atoms with E-state index in [1.54, 1.807) is 18.2 Å². The van der Waals surface area contributed by atoms with E-state index in [2.05, 4.69) is 128 Å². The first-order valence-corrected chi connectivity index (χ1v) is 22.0. The van der Waals surface area contributed by atoms with Crippen molar-refractivity contribution in [2.24, 2.45) is 0 Å². The van der Waals surface area contributed by atoms with Gasteiger partial charge in [0.1, 0.15) is 0 Å². The van der Waals surface area contributed by atoms with Crippen molar-refractivity contribution in [1.29, 1.82) is 0 Å². The van der Waals surface area contributed by atoms with Crippen LogP contribution in [0.3, 0.4) is 0 Å². The summed E-state index contributed by atoms with van der Waals surface area (Å²) < 4.78 is 50.7. The molecule has 2 nitrogen and oxygen atoms in total. The quantitative estimate of drug-likeness (QED) is 0.165. The smallest absolute Gasteiger partial charge is 0.253 e. The third kappa shape index (κ3) is 5.42. The minimum atomic E-state index is -2.32. The minimum absolute atomic E-state index is 0.0114. The summed E-state index contributed by atoms with van der Waals surface area (Å²) in [6, 6.07) is 31.5. The Morgan fingerprint density at radius 1 is 0.569 bits per heavy atom. The average Bonchev–Trinajstić information content (AvgIpc) is 3.63. The number of fused-ring (bicyclic) bond motifs is 7. The highest BCUT2D eigenvalue weighted by molar-refractivity contribution is 7.20. The predicted molar refractivity (Wildman–Crippen MR) is 253 cm³/mol. The lowest BCUT2D eigenvalue weighted by molar-refractivity contribution is 0.332. The minimum Gasteiger partial charge on any atom is -0.311 e. The van der Waals surface area contributed by atoms with Gasteiger partial charge in [0.05, 0.1) is 5.00 Å². The standard InChI is InChI=1S/C54H59BN2S/c1-32-16-19-37(20-17-32)56-42-23-18-33(2)28-41(42)55-47-43(56)29-36(45-34(3)14-13-15-35(45)4)30-44(47)57(38-21-22-39-40(31-38)52(7,8)25-24-51(39,5)6)50-48(55)46-49(58-50)54(11,12)27-26-53(46,9)10/h13-23,28-31H,24-27H2,1-12H3/i1D3,2D3. The van der Waals surface area contributed by atoms with Gasteiger partial charge in [-0.25, -0.2) is 0 Å². The van der Waals surface area contributed by atoms with E-state index in [4.69, 9.17) is 8.22 Å². The highest BCUT2D eigenvalue weighted by Gasteiger charge is 2.51. The number of aryl methyl sites for hydroxylation is 4. The van der Waals surface area contributed by atoms with Gasteiger partial charge in [0, 0.05) is 41.5 Å². The van der Waals surface area contributed by atoms with Crippen LogP contribution in [0, 0.1) is 27.6 Å². The van der Waals surface area contributed by atoms with Gasteiger partial charge in [-0.15, -0.1) is 11.3 Å². The molecule has 2 aliphatic carbocycles. The summed E-state index contributed by atoms with van der Waals surface area (Å²) in [7, 11) is 0. The van der Waals surface area contributed by atoms with Gasteiger partial charge < -0.3 is 9.80 Å². The van der Waals surface area contributed by atoms with E-state index >= 15 is 0 Å². The molecule has 0 saturated heterocycles. The molecule has 0 bridgehead atoms. The molecule has 58 heavy (non-hydrogen) atoms. The maximum absolute atomic E-state index is 8.70. The van der Waals surface area contributed by atoms with Crippen LogP contribution >= 0.6 is 11.3 Å². The van der Waals surface area contributed by atoms with Gasteiger partial charge in [0.2, 0.25) is 0 Å². The number of nitrogens with zero attached hydrogens (tertiary/aromatic N) is 2. The highest BCUT2D eigenvalue weighted by atomic mass is 32.1. The van der Waals surface area contributed by atoms with Gasteiger partial charge in [0.15, 0.2) is 0 Å². The summed E-state index contributed by atoms with van der Waals surface area (Å²) in [5.74, 6) is 0. The first-order chi connectivity index (χ1) is 29.8. The molecule has 10 rings (SSSR count). The lowest BCUT2D eigenvalue weighted by Gasteiger charge is -2.46. The van der Waals surface area contributed by atoms with Crippen molar-refractivity contribution in [2.45, 2.75) is 130 Å². The fraction of sp³-hybridized carbons (Fsp3) is 0.370. The first kappa shape index (κ1) is 31.4. The summed E-state index contributed by atoms with van der Waals surface area (Å²) in [5, 5.41) is 1.21. The Morgan fingerprint density at radius 3 is 1.86 bits per heavy atom. The van der Waals surface area contributed by atoms with E-state index in [0.717, 1.165) is 70.6 Å². The SMILES string of the molecule is [2H]C([2H])([2H])c1ccc(N2c3ccc(C([2H])([2H])[2H])cc3B3c4c2cc(-c2c(C)cccc2C)cc4N(c2ccc4c(c2)C(C)(C)CCC4(C)C)c2sc4c(c23)C(C)(C)CCC4(C)C)cc1. The van der Waals surface area contributed by atoms with Gasteiger partial charge in [-0.3, -0.25) is 0 Å². The van der Waals surface area contributed by atoms with E-state index in [-0.39, 0.29) is 33.9 Å². The number of anilines is 6. The van der Waals surface area contributed by atoms with Crippen LogP contribution in [0.4, 0.5) is 33.4 Å². The second kappa shape index (κ2) is 12.5. The molecule has 0 fully saturated rings. The van der Waals surface area contributed by atoms with E-state index in [0.29, 0.717) is 5.56 Å². The predicted octanol–water partition coefficient (Wildman–Crippen LogP) is 13.4. The zero-order valence-electron chi connectivity index (χ0n) is 41.9. The molecule has 0 unspecified atom stereocenters. The number of hydrogen-bond acceptors (Lipinski definition) is 3. The van der Waals surface area contributed by atoms with Crippen LogP contribution in [0.1, 0.15) is 133 Å². The van der Waals surface area contributed by atoms with Gasteiger partial charge >= 0.3 is 0 Å². The van der Waals surface area contributed by atoms with Crippen molar-refractivity contribution in [1.82, 2.24) is 0 Å². The summed E-state index contributed by atoms with van der Waals surface area (Å²) in [6.07, 6.45) is 4.36. The molecule has 4 aliphatic rings. The normalized spacial score (nSPS) is 20.8. The Morgan fingerprint density at radius 2 is 1.17 bits per heavy atom. The van der Waals surface area contributed by atoms with E-state index < -0.39 is 13.7 Å². The fourth-order valence-corrected chi connectivity index (χ4v) is 12.8. The zero-order chi connectivity index (χ0) is 45.8. The van der Waals surface area contributed by atoms with Crippen molar-refractivity contribution in [2.75, 3.05) is 9.80 Å². The molecule has 2 aliphatic heterocycles. The van der Waals surface area contributed by atoms with Gasteiger partial charge in [-0.1, -0.05) is 115 Å². The van der Waals surface area contributed by atoms with Crippen molar-refractivity contribution in [3.63, 3.8) is 0 Å². The number of hydrogen-bond donors (Lipinski definition) is 0. The summed E-state index contributed by atoms with van der Waals surface area (Å²) in [6.45, 7) is 18.7. The molecule has 1 aromatic heterocycles. The first-order valence-electron chi connectivity index (χ1n) is 24.2. The molecule has 5 aromatic carbocycles. The van der Waals surface area contributed by atoms with Gasteiger partial charge in [-0.2, -0.15) is 0 Å². The molecule has 0 radical (unpaired) electrons. The second-order valence-electron chi connectivity index (χ2n) is 20.4. The number of benzene rings is 5. The monoisotopic (exact) mass is 784 g/mol. The third-order valence-corrected chi connectivity index (χ3v) is 16.1. The topological polar surface area (TPSA) is 6.48 Å². The maximum Gasteiger partial charge on any atom is 0.253 e. The van der Waals surface area contributed by atoms with Crippen LogP contribution in [0.2, 0.25) is 0 Å². The zero-order valence-corrected chi connectivity index (χ0v) is 36.7. The Kier molecular flexibility index (Phi) is 6.76. The Hall–Kier alpha value is -4.54. The highest BCUT2D eigenvalue weighted by Crippen LogP contribution is 2.56. The van der Waals surface area contributed by atoms with E-state index in [9.17, 15) is 0 Å². The summed E-state index contributed by atoms with van der Waals surface area (Å²) >= 11 is 1.94. The van der Waals surface area contributed by atoms with Crippen LogP contribution in [0.5, 0.6) is 0 Å². The maximum atomic E-state index is 8.70. The molecule has 6 aromatic rings. The number of thiophene rings is 1. The van der Waals surface area contributed by atoms with E-state index in [1.165, 1.54) is 48.7 Å². The van der Waals surface area contributed by atoms with Crippen molar-refractivity contribution in [3.05, 3.63) is 135 Å². The third-order valence-electron chi connectivity index (χ3n) is 14.6. The molecule has 3 heterocycles. The molecule has 0 amide bonds. The van der Waals surface area contributed by atoms with Crippen molar-refractivity contribution in [3.8, 4) is 11.1 Å². The molecule has 0 atom stereocenters. The van der Waals surface area contributed by atoms with Crippen LogP contribution in [0.25, 0.3) is 11.1 Å². The molecule has 0 spiro atoms. The average molecular weight is 785 g/mol. The van der Waals surface area contributed by atoms with Crippen LogP contribution in [0.15, 0.2) is 91.0 Å². The van der Waals surface area contributed by atoms with Crippen LogP contribution < -0.4 is 26.2 Å². The van der Waals surface area contributed by atoms with Gasteiger partial charge in [-0.05, 0) is 173 Å².